The van der Waals surface area contributed by atoms with E-state index in [1.165, 1.54) is 62.0 Å². The Bertz CT molecular complexity index is 901. The molecular weight excluding hydrogens is 371 g/mol. The molecule has 0 saturated heterocycles. The molecule has 4 saturated carbocycles. The van der Waals surface area contributed by atoms with Crippen LogP contribution in [-0.2, 0) is 15.4 Å². The van der Waals surface area contributed by atoms with Crippen molar-refractivity contribution in [2.24, 2.45) is 17.8 Å². The molecular formula is C19H21FN2O2S2. The minimum absolute atomic E-state index is 0.0467. The van der Waals surface area contributed by atoms with E-state index in [0.29, 0.717) is 5.13 Å². The lowest BCUT2D eigenvalue weighted by Gasteiger charge is -2.56. The minimum atomic E-state index is -3.74. The van der Waals surface area contributed by atoms with Gasteiger partial charge in [-0.05, 0) is 80.5 Å². The third-order valence-corrected chi connectivity index (χ3v) is 8.67. The molecule has 138 valence electrons. The minimum Gasteiger partial charge on any atom is -0.255 e. The Labute approximate surface area is 156 Å². The van der Waals surface area contributed by atoms with Crippen molar-refractivity contribution < 1.29 is 12.8 Å². The molecule has 0 unspecified atom stereocenters. The number of hydrogen-bond donors (Lipinski definition) is 1. The maximum absolute atomic E-state index is 13.0. The highest BCUT2D eigenvalue weighted by Crippen LogP contribution is 2.60. The summed E-state index contributed by atoms with van der Waals surface area (Å²) in [5, 5.41) is 2.44. The number of thiazole rings is 1. The smallest absolute Gasteiger partial charge is 0.255 e. The maximum Gasteiger partial charge on any atom is 0.263 e. The highest BCUT2D eigenvalue weighted by atomic mass is 32.2. The Morgan fingerprint density at radius 1 is 1.04 bits per heavy atom. The third kappa shape index (κ3) is 2.76. The summed E-state index contributed by atoms with van der Waals surface area (Å²) in [6, 6.07) is 4.84. The van der Waals surface area contributed by atoms with Gasteiger partial charge in [0.2, 0.25) is 0 Å². The monoisotopic (exact) mass is 392 g/mol. The van der Waals surface area contributed by atoms with Crippen molar-refractivity contribution in [1.29, 1.82) is 0 Å². The second-order valence-corrected chi connectivity index (χ2v) is 10.8. The van der Waals surface area contributed by atoms with Crippen LogP contribution >= 0.6 is 11.3 Å². The van der Waals surface area contributed by atoms with Crippen LogP contribution in [0.5, 0.6) is 0 Å². The van der Waals surface area contributed by atoms with E-state index in [2.05, 4.69) is 9.71 Å². The molecule has 4 aliphatic rings. The van der Waals surface area contributed by atoms with Crippen LogP contribution in [0.25, 0.3) is 0 Å². The van der Waals surface area contributed by atoms with Crippen molar-refractivity contribution in [2.45, 2.75) is 48.8 Å². The highest BCUT2D eigenvalue weighted by Gasteiger charge is 2.52. The zero-order valence-corrected chi connectivity index (χ0v) is 16.0. The van der Waals surface area contributed by atoms with Crippen LogP contribution in [0.4, 0.5) is 9.52 Å². The summed E-state index contributed by atoms with van der Waals surface area (Å²) in [6.07, 6.45) is 7.71. The van der Waals surface area contributed by atoms with E-state index in [9.17, 15) is 12.8 Å². The zero-order chi connectivity index (χ0) is 17.9. The molecule has 0 aliphatic heterocycles. The van der Waals surface area contributed by atoms with Crippen LogP contribution in [0.2, 0.25) is 0 Å². The Hall–Kier alpha value is -1.47. The van der Waals surface area contributed by atoms with Crippen LogP contribution < -0.4 is 4.72 Å². The number of rotatable bonds is 4. The first-order chi connectivity index (χ1) is 12.4. The van der Waals surface area contributed by atoms with Gasteiger partial charge in [-0.1, -0.05) is 0 Å². The first-order valence-corrected chi connectivity index (χ1v) is 11.5. The van der Waals surface area contributed by atoms with E-state index >= 15 is 0 Å². The van der Waals surface area contributed by atoms with E-state index in [1.807, 2.05) is 5.38 Å². The van der Waals surface area contributed by atoms with E-state index in [-0.39, 0.29) is 10.3 Å². The number of halogens is 1. The van der Waals surface area contributed by atoms with E-state index in [4.69, 9.17) is 0 Å². The summed E-state index contributed by atoms with van der Waals surface area (Å²) in [5.74, 6) is 2.01. The van der Waals surface area contributed by atoms with Crippen molar-refractivity contribution in [1.82, 2.24) is 4.98 Å². The molecule has 2 aromatic rings. The summed E-state index contributed by atoms with van der Waals surface area (Å²) >= 11 is 1.35. The second-order valence-electron chi connectivity index (χ2n) is 8.30. The second kappa shape index (κ2) is 5.76. The Balaban J connectivity index is 1.40. The molecule has 26 heavy (non-hydrogen) atoms. The summed E-state index contributed by atoms with van der Waals surface area (Å²) in [4.78, 5) is 4.73. The number of nitrogens with one attached hydrogen (secondary N) is 1. The molecule has 0 atom stereocenters. The number of benzene rings is 1. The predicted molar refractivity (Wildman–Crippen MR) is 99.2 cm³/mol. The van der Waals surface area contributed by atoms with Gasteiger partial charge < -0.3 is 0 Å². The third-order valence-electron chi connectivity index (χ3n) is 6.43. The molecule has 1 N–H and O–H groups in total. The maximum atomic E-state index is 13.0. The van der Waals surface area contributed by atoms with Gasteiger partial charge in [-0.2, -0.15) is 0 Å². The lowest BCUT2D eigenvalue weighted by molar-refractivity contribution is -0.00688. The quantitative estimate of drug-likeness (QED) is 0.830. The van der Waals surface area contributed by atoms with E-state index in [1.54, 1.807) is 0 Å². The fourth-order valence-electron chi connectivity index (χ4n) is 5.78. The normalized spacial score (nSPS) is 32.7. The number of aromatic nitrogens is 1. The molecule has 1 heterocycles. The SMILES string of the molecule is O=S(=O)(Nc1nc(C23CC4CC(CC(C4)C2)C3)cs1)c1ccc(F)cc1. The van der Waals surface area contributed by atoms with E-state index in [0.717, 1.165) is 35.6 Å². The Morgan fingerprint density at radius 3 is 2.19 bits per heavy atom. The lowest BCUT2D eigenvalue weighted by atomic mass is 9.49. The van der Waals surface area contributed by atoms with Gasteiger partial charge in [0.15, 0.2) is 5.13 Å². The van der Waals surface area contributed by atoms with Crippen molar-refractivity contribution in [3.8, 4) is 0 Å². The topological polar surface area (TPSA) is 59.1 Å². The van der Waals surface area contributed by atoms with Gasteiger partial charge in [0.25, 0.3) is 10.0 Å². The number of hydrogen-bond acceptors (Lipinski definition) is 4. The molecule has 4 bridgehead atoms. The summed E-state index contributed by atoms with van der Waals surface area (Å²) in [5.41, 5.74) is 1.23. The number of nitrogens with zero attached hydrogens (tertiary/aromatic N) is 1. The predicted octanol–water partition coefficient (Wildman–Crippen LogP) is 4.55. The molecule has 6 rings (SSSR count). The van der Waals surface area contributed by atoms with Crippen LogP contribution in [0.15, 0.2) is 34.5 Å². The average Bonchev–Trinajstić information content (AvgIpc) is 3.02. The zero-order valence-electron chi connectivity index (χ0n) is 14.3. The van der Waals surface area contributed by atoms with Gasteiger partial charge in [0.1, 0.15) is 5.82 Å². The van der Waals surface area contributed by atoms with Crippen molar-refractivity contribution in [2.75, 3.05) is 4.72 Å². The summed E-state index contributed by atoms with van der Waals surface area (Å²) in [6.45, 7) is 0. The Morgan fingerprint density at radius 2 is 1.62 bits per heavy atom. The molecule has 0 radical (unpaired) electrons. The fraction of sp³-hybridized carbons (Fsp3) is 0.526. The summed E-state index contributed by atoms with van der Waals surface area (Å²) < 4.78 is 40.6. The van der Waals surface area contributed by atoms with Gasteiger partial charge in [-0.25, -0.2) is 17.8 Å². The van der Waals surface area contributed by atoms with Crippen LogP contribution in [-0.4, -0.2) is 13.4 Å². The lowest BCUT2D eigenvalue weighted by Crippen LogP contribution is -2.48. The number of anilines is 1. The highest BCUT2D eigenvalue weighted by molar-refractivity contribution is 7.93. The average molecular weight is 393 g/mol. The molecule has 1 aromatic carbocycles. The van der Waals surface area contributed by atoms with Crippen LogP contribution in [0.1, 0.15) is 44.2 Å². The van der Waals surface area contributed by atoms with Gasteiger partial charge in [-0.15, -0.1) is 11.3 Å². The molecule has 0 amide bonds. The molecule has 4 fully saturated rings. The largest absolute Gasteiger partial charge is 0.263 e. The van der Waals surface area contributed by atoms with Crippen molar-refractivity contribution >= 4 is 26.5 Å². The van der Waals surface area contributed by atoms with Gasteiger partial charge >= 0.3 is 0 Å². The first kappa shape index (κ1) is 16.7. The van der Waals surface area contributed by atoms with Crippen molar-refractivity contribution in [3.63, 3.8) is 0 Å². The van der Waals surface area contributed by atoms with E-state index < -0.39 is 15.8 Å². The van der Waals surface area contributed by atoms with Crippen LogP contribution in [0, 0.1) is 23.6 Å². The first-order valence-electron chi connectivity index (χ1n) is 9.16. The van der Waals surface area contributed by atoms with Crippen molar-refractivity contribution in [3.05, 3.63) is 41.2 Å². The van der Waals surface area contributed by atoms with Gasteiger partial charge in [0, 0.05) is 10.8 Å². The molecule has 7 heteroatoms. The molecule has 1 aromatic heterocycles. The standard InChI is InChI=1S/C19H21FN2O2S2/c20-15-1-3-16(4-2-15)26(23,24)22-18-21-17(11-25-18)19-8-12-5-13(9-19)7-14(6-12)10-19/h1-4,11-14H,5-10H2,(H,21,22). The molecule has 4 aliphatic carbocycles. The number of sulfonamides is 1. The van der Waals surface area contributed by atoms with Crippen LogP contribution in [0.3, 0.4) is 0 Å². The van der Waals surface area contributed by atoms with Gasteiger partial charge in [-0.3, -0.25) is 4.72 Å². The van der Waals surface area contributed by atoms with Gasteiger partial charge in [0.05, 0.1) is 10.6 Å². The fourth-order valence-corrected chi connectivity index (χ4v) is 7.86. The molecule has 0 spiro atoms. The summed E-state index contributed by atoms with van der Waals surface area (Å²) in [7, 11) is -3.74. The molecule has 4 nitrogen and oxygen atoms in total. The Kier molecular flexibility index (Phi) is 3.70.